The summed E-state index contributed by atoms with van der Waals surface area (Å²) in [4.78, 5) is 36.5. The summed E-state index contributed by atoms with van der Waals surface area (Å²) in [6.45, 7) is 0. The van der Waals surface area contributed by atoms with Crippen LogP contribution in [0.1, 0.15) is 23.2 Å². The van der Waals surface area contributed by atoms with Crippen LogP contribution in [0.3, 0.4) is 0 Å². The standard InChI is InChI=1S/C18H15ClFN3O3/c19-12-9-10(5-6-13(12)20)21-16(24)8-7-15-18(26)22-14-4-2-1-3-11(14)17(25)23-15/h1-6,9,15H,7-8H2,(H,21,24)(H,22,26)(H,23,25)/t15-/m1/s1. The third-order valence-corrected chi connectivity index (χ3v) is 4.20. The molecular weight excluding hydrogens is 361 g/mol. The van der Waals surface area contributed by atoms with E-state index in [1.54, 1.807) is 24.3 Å². The fourth-order valence-corrected chi connectivity index (χ4v) is 2.77. The van der Waals surface area contributed by atoms with Crippen molar-refractivity contribution in [1.29, 1.82) is 0 Å². The van der Waals surface area contributed by atoms with E-state index in [1.807, 2.05) is 0 Å². The highest BCUT2D eigenvalue weighted by molar-refractivity contribution is 6.31. The minimum Gasteiger partial charge on any atom is -0.340 e. The Labute approximate surface area is 153 Å². The van der Waals surface area contributed by atoms with Crippen LogP contribution in [0.15, 0.2) is 42.5 Å². The first-order valence-corrected chi connectivity index (χ1v) is 8.27. The van der Waals surface area contributed by atoms with Gasteiger partial charge in [-0.15, -0.1) is 0 Å². The maximum atomic E-state index is 13.1. The Morgan fingerprint density at radius 3 is 2.73 bits per heavy atom. The second kappa shape index (κ2) is 7.53. The first kappa shape index (κ1) is 17.9. The normalized spacial score (nSPS) is 16.2. The molecule has 3 amide bonds. The topological polar surface area (TPSA) is 87.3 Å². The third kappa shape index (κ3) is 4.00. The zero-order valence-corrected chi connectivity index (χ0v) is 14.3. The summed E-state index contributed by atoms with van der Waals surface area (Å²) in [5.41, 5.74) is 1.15. The van der Waals surface area contributed by atoms with Crippen molar-refractivity contribution >= 4 is 40.7 Å². The quantitative estimate of drug-likeness (QED) is 0.767. The molecule has 0 unspecified atom stereocenters. The SMILES string of the molecule is O=C(CC[C@H]1NC(=O)c2ccccc2NC1=O)Nc1ccc(F)c(Cl)c1. The van der Waals surface area contributed by atoms with Crippen molar-refractivity contribution in [1.82, 2.24) is 5.32 Å². The molecule has 3 rings (SSSR count). The molecule has 0 radical (unpaired) electrons. The van der Waals surface area contributed by atoms with E-state index in [9.17, 15) is 18.8 Å². The average molecular weight is 376 g/mol. The lowest BCUT2D eigenvalue weighted by Crippen LogP contribution is -2.41. The highest BCUT2D eigenvalue weighted by Gasteiger charge is 2.27. The predicted molar refractivity (Wildman–Crippen MR) is 95.6 cm³/mol. The molecule has 1 heterocycles. The average Bonchev–Trinajstić information content (AvgIpc) is 2.73. The molecule has 0 saturated heterocycles. The minimum atomic E-state index is -0.836. The third-order valence-electron chi connectivity index (χ3n) is 3.91. The molecular formula is C18H15ClFN3O3. The number of benzene rings is 2. The Morgan fingerprint density at radius 2 is 1.96 bits per heavy atom. The summed E-state index contributed by atoms with van der Waals surface area (Å²) < 4.78 is 13.1. The van der Waals surface area contributed by atoms with Crippen LogP contribution in [0.5, 0.6) is 0 Å². The Balaban J connectivity index is 1.60. The number of fused-ring (bicyclic) bond motifs is 1. The summed E-state index contributed by atoms with van der Waals surface area (Å²) in [6, 6.07) is 9.66. The van der Waals surface area contributed by atoms with Crippen LogP contribution in [0.4, 0.5) is 15.8 Å². The van der Waals surface area contributed by atoms with Gasteiger partial charge in [0.1, 0.15) is 11.9 Å². The highest BCUT2D eigenvalue weighted by Crippen LogP contribution is 2.21. The lowest BCUT2D eigenvalue weighted by Gasteiger charge is -2.14. The monoisotopic (exact) mass is 375 g/mol. The molecule has 1 atom stereocenters. The van der Waals surface area contributed by atoms with Gasteiger partial charge in [-0.25, -0.2) is 4.39 Å². The number of carbonyl (C=O) groups excluding carboxylic acids is 3. The van der Waals surface area contributed by atoms with Gasteiger partial charge in [0, 0.05) is 12.1 Å². The molecule has 1 aliphatic heterocycles. The van der Waals surface area contributed by atoms with Gasteiger partial charge in [-0.2, -0.15) is 0 Å². The predicted octanol–water partition coefficient (Wildman–Crippen LogP) is 2.95. The number of carbonyl (C=O) groups is 3. The molecule has 0 spiro atoms. The lowest BCUT2D eigenvalue weighted by atomic mass is 10.1. The lowest BCUT2D eigenvalue weighted by molar-refractivity contribution is -0.118. The summed E-state index contributed by atoms with van der Waals surface area (Å²) in [6.07, 6.45) is 0.107. The van der Waals surface area contributed by atoms with Gasteiger partial charge >= 0.3 is 0 Å². The van der Waals surface area contributed by atoms with Crippen LogP contribution in [-0.2, 0) is 9.59 Å². The van der Waals surface area contributed by atoms with E-state index in [4.69, 9.17) is 11.6 Å². The van der Waals surface area contributed by atoms with Gasteiger partial charge in [0.05, 0.1) is 16.3 Å². The van der Waals surface area contributed by atoms with E-state index >= 15 is 0 Å². The first-order chi connectivity index (χ1) is 12.4. The van der Waals surface area contributed by atoms with Crippen LogP contribution in [0.2, 0.25) is 5.02 Å². The van der Waals surface area contributed by atoms with Crippen LogP contribution in [0.25, 0.3) is 0 Å². The smallest absolute Gasteiger partial charge is 0.254 e. The number of amides is 3. The van der Waals surface area contributed by atoms with E-state index in [2.05, 4.69) is 16.0 Å². The molecule has 0 saturated carbocycles. The second-order valence-corrected chi connectivity index (χ2v) is 6.18. The maximum absolute atomic E-state index is 13.1. The number of anilines is 2. The molecule has 8 heteroatoms. The summed E-state index contributed by atoms with van der Waals surface area (Å²) in [5.74, 6) is -1.73. The van der Waals surface area contributed by atoms with Crippen molar-refractivity contribution in [3.8, 4) is 0 Å². The molecule has 2 aromatic rings. The van der Waals surface area contributed by atoms with Crippen LogP contribution < -0.4 is 16.0 Å². The van der Waals surface area contributed by atoms with E-state index < -0.39 is 11.9 Å². The molecule has 1 aliphatic rings. The number of nitrogens with one attached hydrogen (secondary N) is 3. The van der Waals surface area contributed by atoms with E-state index in [0.717, 1.165) is 6.07 Å². The van der Waals surface area contributed by atoms with Crippen LogP contribution >= 0.6 is 11.6 Å². The summed E-state index contributed by atoms with van der Waals surface area (Å²) in [5, 5.41) is 7.77. The van der Waals surface area contributed by atoms with Crippen LogP contribution in [-0.4, -0.2) is 23.8 Å². The molecule has 6 nitrogen and oxygen atoms in total. The zero-order chi connectivity index (χ0) is 18.7. The van der Waals surface area contributed by atoms with Gasteiger partial charge < -0.3 is 16.0 Å². The first-order valence-electron chi connectivity index (χ1n) is 7.89. The Morgan fingerprint density at radius 1 is 1.19 bits per heavy atom. The van der Waals surface area contributed by atoms with Crippen LogP contribution in [0, 0.1) is 5.82 Å². The van der Waals surface area contributed by atoms with E-state index in [1.165, 1.54) is 12.1 Å². The second-order valence-electron chi connectivity index (χ2n) is 5.78. The molecule has 0 aliphatic carbocycles. The van der Waals surface area contributed by atoms with Gasteiger partial charge in [-0.05, 0) is 36.8 Å². The molecule has 2 aromatic carbocycles. The van der Waals surface area contributed by atoms with E-state index in [0.29, 0.717) is 16.9 Å². The number of hydrogen-bond acceptors (Lipinski definition) is 3. The van der Waals surface area contributed by atoms with Crippen molar-refractivity contribution in [2.45, 2.75) is 18.9 Å². The molecule has 26 heavy (non-hydrogen) atoms. The minimum absolute atomic E-state index is 0.0102. The van der Waals surface area contributed by atoms with Gasteiger partial charge in [0.15, 0.2) is 0 Å². The van der Waals surface area contributed by atoms with Gasteiger partial charge in [-0.1, -0.05) is 23.7 Å². The van der Waals surface area contributed by atoms with Crippen molar-refractivity contribution in [2.24, 2.45) is 0 Å². The van der Waals surface area contributed by atoms with Crippen molar-refractivity contribution in [2.75, 3.05) is 10.6 Å². The van der Waals surface area contributed by atoms with E-state index in [-0.39, 0.29) is 35.6 Å². The number of rotatable bonds is 4. The van der Waals surface area contributed by atoms with Crippen molar-refractivity contribution in [3.63, 3.8) is 0 Å². The Kier molecular flexibility index (Phi) is 5.18. The zero-order valence-electron chi connectivity index (χ0n) is 13.5. The number of halogens is 2. The van der Waals surface area contributed by atoms with Gasteiger partial charge in [-0.3, -0.25) is 14.4 Å². The Hall–Kier alpha value is -2.93. The number of hydrogen-bond donors (Lipinski definition) is 3. The largest absolute Gasteiger partial charge is 0.340 e. The van der Waals surface area contributed by atoms with Gasteiger partial charge in [0.2, 0.25) is 11.8 Å². The van der Waals surface area contributed by atoms with Crippen molar-refractivity contribution < 1.29 is 18.8 Å². The van der Waals surface area contributed by atoms with Gasteiger partial charge in [0.25, 0.3) is 5.91 Å². The van der Waals surface area contributed by atoms with Crippen molar-refractivity contribution in [3.05, 3.63) is 58.9 Å². The Bertz CT molecular complexity index is 888. The molecule has 0 fully saturated rings. The molecule has 0 aromatic heterocycles. The maximum Gasteiger partial charge on any atom is 0.254 e. The molecule has 0 bridgehead atoms. The summed E-state index contributed by atoms with van der Waals surface area (Å²) in [7, 11) is 0. The highest BCUT2D eigenvalue weighted by atomic mass is 35.5. The fourth-order valence-electron chi connectivity index (χ4n) is 2.59. The molecule has 134 valence electrons. The summed E-state index contributed by atoms with van der Waals surface area (Å²) >= 11 is 5.67. The molecule has 3 N–H and O–H groups in total. The fraction of sp³-hybridized carbons (Fsp3) is 0.167. The number of para-hydroxylation sites is 1.